The third-order valence-corrected chi connectivity index (χ3v) is 3.47. The zero-order valence-electron chi connectivity index (χ0n) is 11.4. The second-order valence-electron chi connectivity index (χ2n) is 4.02. The summed E-state index contributed by atoms with van der Waals surface area (Å²) in [6.45, 7) is 1.91. The molecule has 7 heteroatoms. The van der Waals surface area contributed by atoms with E-state index in [0.717, 1.165) is 4.88 Å². The summed E-state index contributed by atoms with van der Waals surface area (Å²) in [6, 6.07) is 3.10. The van der Waals surface area contributed by atoms with Crippen LogP contribution in [0, 0.1) is 6.92 Å². The molecule has 0 saturated heterocycles. The van der Waals surface area contributed by atoms with E-state index in [-0.39, 0.29) is 5.91 Å². The van der Waals surface area contributed by atoms with E-state index >= 15 is 0 Å². The lowest BCUT2D eigenvalue weighted by Gasteiger charge is -2.11. The number of amides is 1. The summed E-state index contributed by atoms with van der Waals surface area (Å²) >= 11 is 1.39. The van der Waals surface area contributed by atoms with Crippen molar-refractivity contribution in [3.63, 3.8) is 0 Å². The molecule has 0 aliphatic heterocycles. The number of aromatic nitrogens is 1. The summed E-state index contributed by atoms with van der Waals surface area (Å²) in [6.07, 6.45) is 1.69. The van der Waals surface area contributed by atoms with Gasteiger partial charge in [0.15, 0.2) is 16.6 Å². The van der Waals surface area contributed by atoms with Crippen molar-refractivity contribution in [3.05, 3.63) is 28.8 Å². The molecule has 0 atom stereocenters. The van der Waals surface area contributed by atoms with Crippen LogP contribution in [0.15, 0.2) is 18.3 Å². The molecule has 0 radical (unpaired) electrons. The number of nitrogens with one attached hydrogen (secondary N) is 1. The first-order valence-corrected chi connectivity index (χ1v) is 6.62. The summed E-state index contributed by atoms with van der Waals surface area (Å²) < 4.78 is 10.3. The van der Waals surface area contributed by atoms with Crippen LogP contribution in [0.2, 0.25) is 0 Å². The van der Waals surface area contributed by atoms with Crippen LogP contribution < -0.4 is 20.5 Å². The minimum Gasteiger partial charge on any atom is -0.493 e. The molecule has 0 bridgehead atoms. The maximum atomic E-state index is 12.2. The largest absolute Gasteiger partial charge is 0.493 e. The molecule has 0 aliphatic rings. The third kappa shape index (κ3) is 2.83. The Morgan fingerprint density at radius 1 is 1.30 bits per heavy atom. The van der Waals surface area contributed by atoms with Gasteiger partial charge in [0.2, 0.25) is 0 Å². The number of carbonyl (C=O) groups excluding carboxylic acids is 1. The van der Waals surface area contributed by atoms with Gasteiger partial charge in [-0.25, -0.2) is 4.98 Å². The Hall–Kier alpha value is -2.28. The van der Waals surface area contributed by atoms with Crippen molar-refractivity contribution < 1.29 is 14.3 Å². The van der Waals surface area contributed by atoms with Crippen LogP contribution in [0.25, 0.3) is 0 Å². The average molecular weight is 293 g/mol. The number of nitrogen functional groups attached to an aromatic ring is 1. The molecule has 0 fully saturated rings. The standard InChI is InChI=1S/C13H15N3O3S/c1-7-6-15-13(20-7)16-12(17)8-4-10(18-2)11(19-3)5-9(8)14/h4-6H,14H2,1-3H3,(H,15,16,17). The summed E-state index contributed by atoms with van der Waals surface area (Å²) in [5, 5.41) is 3.23. The Bertz CT molecular complexity index is 640. The van der Waals surface area contributed by atoms with E-state index in [9.17, 15) is 4.79 Å². The fraction of sp³-hybridized carbons (Fsp3) is 0.231. The second kappa shape index (κ2) is 5.79. The second-order valence-corrected chi connectivity index (χ2v) is 5.26. The van der Waals surface area contributed by atoms with Gasteiger partial charge in [-0.2, -0.15) is 0 Å². The topological polar surface area (TPSA) is 86.5 Å². The van der Waals surface area contributed by atoms with Crippen molar-refractivity contribution in [1.29, 1.82) is 0 Å². The lowest BCUT2D eigenvalue weighted by Crippen LogP contribution is -2.14. The number of thiazole rings is 1. The van der Waals surface area contributed by atoms with Crippen LogP contribution in [0.4, 0.5) is 10.8 Å². The van der Waals surface area contributed by atoms with E-state index in [0.29, 0.717) is 27.9 Å². The predicted octanol–water partition coefficient (Wildman–Crippen LogP) is 2.30. The van der Waals surface area contributed by atoms with Crippen LogP contribution in [0.3, 0.4) is 0 Å². The highest BCUT2D eigenvalue weighted by molar-refractivity contribution is 7.15. The lowest BCUT2D eigenvalue weighted by atomic mass is 10.1. The number of aryl methyl sites for hydroxylation is 1. The predicted molar refractivity (Wildman–Crippen MR) is 78.8 cm³/mol. The van der Waals surface area contributed by atoms with Gasteiger partial charge in [0.25, 0.3) is 5.91 Å². The van der Waals surface area contributed by atoms with E-state index < -0.39 is 0 Å². The molecule has 1 aromatic carbocycles. The molecule has 2 rings (SSSR count). The molecule has 3 N–H and O–H groups in total. The lowest BCUT2D eigenvalue weighted by molar-refractivity contribution is 0.102. The average Bonchev–Trinajstić information content (AvgIpc) is 2.83. The number of anilines is 2. The smallest absolute Gasteiger partial charge is 0.259 e. The summed E-state index contributed by atoms with van der Waals surface area (Å²) in [7, 11) is 3.01. The summed E-state index contributed by atoms with van der Waals surface area (Å²) in [5.41, 5.74) is 6.50. The number of ether oxygens (including phenoxy) is 2. The first-order chi connectivity index (χ1) is 9.55. The van der Waals surface area contributed by atoms with E-state index in [2.05, 4.69) is 10.3 Å². The molecule has 0 aliphatic carbocycles. The van der Waals surface area contributed by atoms with Gasteiger partial charge >= 0.3 is 0 Å². The molecule has 0 spiro atoms. The quantitative estimate of drug-likeness (QED) is 0.845. The Kier molecular flexibility index (Phi) is 4.09. The highest BCUT2D eigenvalue weighted by Crippen LogP contribution is 2.32. The highest BCUT2D eigenvalue weighted by atomic mass is 32.1. The van der Waals surface area contributed by atoms with Crippen molar-refractivity contribution in [1.82, 2.24) is 4.98 Å². The fourth-order valence-corrected chi connectivity index (χ4v) is 2.33. The molecule has 6 nitrogen and oxygen atoms in total. The molecular weight excluding hydrogens is 278 g/mol. The number of hydrogen-bond donors (Lipinski definition) is 2. The number of rotatable bonds is 4. The molecule has 20 heavy (non-hydrogen) atoms. The molecule has 0 unspecified atom stereocenters. The van der Waals surface area contributed by atoms with Gasteiger partial charge in [0, 0.05) is 22.8 Å². The molecular formula is C13H15N3O3S. The minimum absolute atomic E-state index is 0.313. The Morgan fingerprint density at radius 3 is 2.50 bits per heavy atom. The zero-order chi connectivity index (χ0) is 14.7. The third-order valence-electron chi connectivity index (χ3n) is 2.64. The van der Waals surface area contributed by atoms with Crippen LogP contribution in [0.5, 0.6) is 11.5 Å². The number of nitrogens with zero attached hydrogens (tertiary/aromatic N) is 1. The minimum atomic E-state index is -0.335. The monoisotopic (exact) mass is 293 g/mol. The Balaban J connectivity index is 2.29. The SMILES string of the molecule is COc1cc(N)c(C(=O)Nc2ncc(C)s2)cc1OC. The van der Waals surface area contributed by atoms with E-state index in [1.165, 1.54) is 25.6 Å². The van der Waals surface area contributed by atoms with Gasteiger partial charge in [-0.15, -0.1) is 11.3 Å². The summed E-state index contributed by atoms with van der Waals surface area (Å²) in [4.78, 5) is 17.3. The first-order valence-electron chi connectivity index (χ1n) is 5.80. The van der Waals surface area contributed by atoms with Crippen molar-refractivity contribution >= 4 is 28.1 Å². The van der Waals surface area contributed by atoms with Gasteiger partial charge in [-0.05, 0) is 13.0 Å². The first kappa shape index (κ1) is 14.1. The van der Waals surface area contributed by atoms with Gasteiger partial charge in [-0.3, -0.25) is 10.1 Å². The maximum absolute atomic E-state index is 12.2. The molecule has 1 aromatic heterocycles. The molecule has 2 aromatic rings. The zero-order valence-corrected chi connectivity index (χ0v) is 12.2. The van der Waals surface area contributed by atoms with Gasteiger partial charge in [-0.1, -0.05) is 0 Å². The van der Waals surface area contributed by atoms with E-state index in [1.807, 2.05) is 6.92 Å². The van der Waals surface area contributed by atoms with E-state index in [1.54, 1.807) is 18.3 Å². The van der Waals surface area contributed by atoms with Crippen molar-refractivity contribution in [2.45, 2.75) is 6.92 Å². The Labute approximate surface area is 120 Å². The van der Waals surface area contributed by atoms with Crippen molar-refractivity contribution in [2.75, 3.05) is 25.3 Å². The van der Waals surface area contributed by atoms with Crippen LogP contribution in [-0.4, -0.2) is 25.1 Å². The molecule has 1 heterocycles. The highest BCUT2D eigenvalue weighted by Gasteiger charge is 2.16. The number of benzene rings is 1. The van der Waals surface area contributed by atoms with Crippen LogP contribution in [0.1, 0.15) is 15.2 Å². The fourth-order valence-electron chi connectivity index (χ4n) is 1.67. The number of hydrogen-bond acceptors (Lipinski definition) is 6. The van der Waals surface area contributed by atoms with Crippen molar-refractivity contribution in [2.24, 2.45) is 0 Å². The van der Waals surface area contributed by atoms with Gasteiger partial charge in [0.05, 0.1) is 19.8 Å². The van der Waals surface area contributed by atoms with Gasteiger partial charge < -0.3 is 15.2 Å². The van der Waals surface area contributed by atoms with Crippen LogP contribution in [-0.2, 0) is 0 Å². The van der Waals surface area contributed by atoms with Crippen molar-refractivity contribution in [3.8, 4) is 11.5 Å². The summed E-state index contributed by atoms with van der Waals surface area (Å²) in [5.74, 6) is 0.589. The van der Waals surface area contributed by atoms with E-state index in [4.69, 9.17) is 15.2 Å². The maximum Gasteiger partial charge on any atom is 0.259 e. The van der Waals surface area contributed by atoms with Gasteiger partial charge in [0.1, 0.15) is 0 Å². The normalized spacial score (nSPS) is 10.2. The molecule has 106 valence electrons. The molecule has 1 amide bonds. The number of carbonyl (C=O) groups is 1. The Morgan fingerprint density at radius 2 is 1.95 bits per heavy atom. The number of nitrogens with two attached hydrogens (primary N) is 1. The van der Waals surface area contributed by atoms with Crippen LogP contribution >= 0.6 is 11.3 Å². The molecule has 0 saturated carbocycles. The number of methoxy groups -OCH3 is 2.